The molecule has 0 bridgehead atoms. The third-order valence-electron chi connectivity index (χ3n) is 3.10. The van der Waals surface area contributed by atoms with Crippen LogP contribution in [0.4, 0.5) is 4.39 Å². The number of fused-ring (bicyclic) bond motifs is 1. The van der Waals surface area contributed by atoms with Crippen molar-refractivity contribution >= 4 is 16.8 Å². The van der Waals surface area contributed by atoms with Crippen LogP contribution >= 0.6 is 0 Å². The summed E-state index contributed by atoms with van der Waals surface area (Å²) in [7, 11) is 0. The Kier molecular flexibility index (Phi) is 3.27. The van der Waals surface area contributed by atoms with E-state index < -0.39 is 5.82 Å². The van der Waals surface area contributed by atoms with Gasteiger partial charge in [0.2, 0.25) is 5.78 Å². The zero-order valence-electron chi connectivity index (χ0n) is 10.00. The molecule has 0 radical (unpaired) electrons. The number of halogens is 1. The fraction of sp³-hybridized carbons (Fsp3) is 0.357. The van der Waals surface area contributed by atoms with E-state index in [9.17, 15) is 9.18 Å². The van der Waals surface area contributed by atoms with Gasteiger partial charge in [-0.15, -0.1) is 0 Å². The summed E-state index contributed by atoms with van der Waals surface area (Å²) in [4.78, 5) is 12.1. The van der Waals surface area contributed by atoms with Crippen LogP contribution in [0, 0.1) is 11.7 Å². The van der Waals surface area contributed by atoms with Gasteiger partial charge in [-0.1, -0.05) is 26.0 Å². The molecule has 0 fully saturated rings. The fourth-order valence-corrected chi connectivity index (χ4v) is 2.01. The van der Waals surface area contributed by atoms with Gasteiger partial charge in [-0.25, -0.2) is 4.39 Å². The quantitative estimate of drug-likeness (QED) is 0.742. The predicted octanol–water partition coefficient (Wildman–Crippen LogP) is 4.19. The number of benzene rings is 1. The number of carbonyl (C=O) groups is 1. The minimum absolute atomic E-state index is 0.0365. The largest absolute Gasteiger partial charge is 0.450 e. The first-order chi connectivity index (χ1) is 8.17. The summed E-state index contributed by atoms with van der Waals surface area (Å²) in [6, 6.07) is 6.31. The van der Waals surface area contributed by atoms with Crippen molar-refractivity contribution in [1.82, 2.24) is 0 Å². The summed E-state index contributed by atoms with van der Waals surface area (Å²) >= 11 is 0. The molecule has 2 rings (SSSR count). The van der Waals surface area contributed by atoms with E-state index in [0.29, 0.717) is 5.39 Å². The highest BCUT2D eigenvalue weighted by atomic mass is 19.1. The van der Waals surface area contributed by atoms with Crippen LogP contribution in [0.5, 0.6) is 0 Å². The Hall–Kier alpha value is -1.64. The molecule has 90 valence electrons. The first-order valence-electron chi connectivity index (χ1n) is 5.89. The normalized spacial score (nSPS) is 11.3. The molecule has 0 aliphatic carbocycles. The second-order valence-corrected chi connectivity index (χ2v) is 4.15. The third-order valence-corrected chi connectivity index (χ3v) is 3.10. The Morgan fingerprint density at radius 3 is 2.65 bits per heavy atom. The molecule has 0 amide bonds. The lowest BCUT2D eigenvalue weighted by Gasteiger charge is -2.07. The molecule has 17 heavy (non-hydrogen) atoms. The monoisotopic (exact) mass is 234 g/mol. The summed E-state index contributed by atoms with van der Waals surface area (Å²) in [6.07, 6.45) is 1.55. The van der Waals surface area contributed by atoms with Gasteiger partial charge in [0.05, 0.1) is 0 Å². The highest BCUT2D eigenvalue weighted by Gasteiger charge is 2.20. The topological polar surface area (TPSA) is 30.2 Å². The molecule has 0 aliphatic heterocycles. The fourth-order valence-electron chi connectivity index (χ4n) is 2.01. The van der Waals surface area contributed by atoms with Crippen molar-refractivity contribution in [3.63, 3.8) is 0 Å². The van der Waals surface area contributed by atoms with Crippen LogP contribution in [-0.4, -0.2) is 5.78 Å². The van der Waals surface area contributed by atoms with Gasteiger partial charge in [0.25, 0.3) is 0 Å². The molecule has 0 unspecified atom stereocenters. The van der Waals surface area contributed by atoms with Crippen LogP contribution in [0.2, 0.25) is 0 Å². The molecule has 1 aromatic carbocycles. The molecule has 0 atom stereocenters. The molecule has 1 aromatic heterocycles. The summed E-state index contributed by atoms with van der Waals surface area (Å²) in [6.45, 7) is 3.94. The molecule has 0 spiro atoms. The molecule has 0 aliphatic rings. The lowest BCUT2D eigenvalue weighted by atomic mass is 9.96. The Balaban J connectivity index is 2.43. The van der Waals surface area contributed by atoms with E-state index >= 15 is 0 Å². The van der Waals surface area contributed by atoms with E-state index in [4.69, 9.17) is 4.42 Å². The van der Waals surface area contributed by atoms with E-state index in [2.05, 4.69) is 0 Å². The summed E-state index contributed by atoms with van der Waals surface area (Å²) < 4.78 is 18.7. The molecule has 3 heteroatoms. The number of carbonyl (C=O) groups excluding carboxylic acids is 1. The Morgan fingerprint density at radius 2 is 2.06 bits per heavy atom. The molecular weight excluding hydrogens is 219 g/mol. The van der Waals surface area contributed by atoms with Gasteiger partial charge in [0.1, 0.15) is 0 Å². The van der Waals surface area contributed by atoms with E-state index in [1.165, 1.54) is 6.07 Å². The maximum Gasteiger partial charge on any atom is 0.201 e. The molecule has 1 heterocycles. The van der Waals surface area contributed by atoms with Crippen molar-refractivity contribution in [2.75, 3.05) is 0 Å². The number of Topliss-reactive ketones (excluding diaryl/α,β-unsaturated/α-hetero) is 1. The lowest BCUT2D eigenvalue weighted by Crippen LogP contribution is -2.11. The van der Waals surface area contributed by atoms with Crippen LogP contribution in [0.25, 0.3) is 11.0 Å². The van der Waals surface area contributed by atoms with Crippen molar-refractivity contribution in [3.8, 4) is 0 Å². The van der Waals surface area contributed by atoms with E-state index in [1.807, 2.05) is 13.8 Å². The highest BCUT2D eigenvalue weighted by Crippen LogP contribution is 2.25. The smallest absolute Gasteiger partial charge is 0.201 e. The van der Waals surface area contributed by atoms with Crippen molar-refractivity contribution in [3.05, 3.63) is 35.8 Å². The Bertz CT molecular complexity index is 538. The van der Waals surface area contributed by atoms with Crippen molar-refractivity contribution < 1.29 is 13.6 Å². The van der Waals surface area contributed by atoms with E-state index in [1.54, 1.807) is 18.2 Å². The maximum atomic E-state index is 13.4. The van der Waals surface area contributed by atoms with Gasteiger partial charge in [-0.2, -0.15) is 0 Å². The number of furan rings is 1. The number of hydrogen-bond acceptors (Lipinski definition) is 2. The number of ketones is 1. The molecule has 0 saturated carbocycles. The Morgan fingerprint density at radius 1 is 1.35 bits per heavy atom. The first-order valence-corrected chi connectivity index (χ1v) is 5.89. The van der Waals surface area contributed by atoms with Gasteiger partial charge in [-0.05, 0) is 25.0 Å². The van der Waals surface area contributed by atoms with Gasteiger partial charge in [0.15, 0.2) is 17.2 Å². The lowest BCUT2D eigenvalue weighted by molar-refractivity contribution is 0.0887. The van der Waals surface area contributed by atoms with Crippen molar-refractivity contribution in [2.45, 2.75) is 26.7 Å². The average Bonchev–Trinajstić information content (AvgIpc) is 2.76. The summed E-state index contributed by atoms with van der Waals surface area (Å²) in [5.74, 6) is -0.242. The van der Waals surface area contributed by atoms with Crippen LogP contribution in [0.1, 0.15) is 37.2 Å². The standard InChI is InChI=1S/C14H15FO2/c1-3-9(4-2)13(16)12-8-10-6-5-7-11(15)14(10)17-12/h5-9H,3-4H2,1-2H3. The first kappa shape index (κ1) is 11.8. The second-order valence-electron chi connectivity index (χ2n) is 4.15. The van der Waals surface area contributed by atoms with Crippen LogP contribution < -0.4 is 0 Å². The minimum atomic E-state index is -0.425. The zero-order chi connectivity index (χ0) is 12.4. The maximum absolute atomic E-state index is 13.4. The highest BCUT2D eigenvalue weighted by molar-refractivity contribution is 5.99. The van der Waals surface area contributed by atoms with Crippen LogP contribution in [0.3, 0.4) is 0 Å². The molecule has 0 N–H and O–H groups in total. The van der Waals surface area contributed by atoms with E-state index in [-0.39, 0.29) is 23.0 Å². The molecule has 2 aromatic rings. The second kappa shape index (κ2) is 4.70. The summed E-state index contributed by atoms with van der Waals surface area (Å²) in [5.41, 5.74) is 0.168. The van der Waals surface area contributed by atoms with Crippen molar-refractivity contribution in [2.24, 2.45) is 5.92 Å². The molecule has 2 nitrogen and oxygen atoms in total. The average molecular weight is 234 g/mol. The third kappa shape index (κ3) is 2.09. The number of para-hydroxylation sites is 1. The molecule has 0 saturated heterocycles. The van der Waals surface area contributed by atoms with Gasteiger partial charge < -0.3 is 4.42 Å². The minimum Gasteiger partial charge on any atom is -0.450 e. The number of hydrogen-bond donors (Lipinski definition) is 0. The van der Waals surface area contributed by atoms with E-state index in [0.717, 1.165) is 12.8 Å². The van der Waals surface area contributed by atoms with Gasteiger partial charge in [-0.3, -0.25) is 4.79 Å². The zero-order valence-corrected chi connectivity index (χ0v) is 10.00. The van der Waals surface area contributed by atoms with Gasteiger partial charge >= 0.3 is 0 Å². The molecular formula is C14H15FO2. The Labute approximate surface area is 99.4 Å². The van der Waals surface area contributed by atoms with Crippen LogP contribution in [0.15, 0.2) is 28.7 Å². The predicted molar refractivity (Wildman–Crippen MR) is 64.6 cm³/mol. The number of rotatable bonds is 4. The van der Waals surface area contributed by atoms with Crippen molar-refractivity contribution in [1.29, 1.82) is 0 Å². The van der Waals surface area contributed by atoms with Crippen LogP contribution in [-0.2, 0) is 0 Å². The van der Waals surface area contributed by atoms with Gasteiger partial charge in [0, 0.05) is 11.3 Å². The summed E-state index contributed by atoms with van der Waals surface area (Å²) in [5, 5.41) is 0.638. The SMILES string of the molecule is CCC(CC)C(=O)c1cc2cccc(F)c2o1.